The van der Waals surface area contributed by atoms with Gasteiger partial charge in [0.05, 0.1) is 0 Å². The lowest BCUT2D eigenvalue weighted by Gasteiger charge is -2.18. The lowest BCUT2D eigenvalue weighted by atomic mass is 9.85. The van der Waals surface area contributed by atoms with E-state index in [1.165, 1.54) is 109 Å². The van der Waals surface area contributed by atoms with Crippen LogP contribution in [0.3, 0.4) is 0 Å². The molecule has 0 aliphatic carbocycles. The Bertz CT molecular complexity index is 3220. The third-order valence-corrected chi connectivity index (χ3v) is 11.6. The summed E-state index contributed by atoms with van der Waals surface area (Å²) >= 11 is 0. The fourth-order valence-electron chi connectivity index (χ4n) is 8.96. The molecule has 0 aliphatic heterocycles. The second-order valence-corrected chi connectivity index (χ2v) is 14.8. The molecule has 0 aromatic heterocycles. The molecule has 0 saturated heterocycles. The zero-order valence-electron chi connectivity index (χ0n) is 30.8. The Morgan fingerprint density at radius 3 is 1.18 bits per heavy atom. The van der Waals surface area contributed by atoms with Crippen LogP contribution in [-0.2, 0) is 0 Å². The minimum absolute atomic E-state index is 1.21. The number of hydrogen-bond donors (Lipinski definition) is 0. The molecular formula is C56H36. The number of hydrogen-bond acceptors (Lipinski definition) is 0. The van der Waals surface area contributed by atoms with Gasteiger partial charge in [0.2, 0.25) is 0 Å². The molecule has 0 fully saturated rings. The van der Waals surface area contributed by atoms with E-state index in [4.69, 9.17) is 0 Å². The predicted molar refractivity (Wildman–Crippen MR) is 241 cm³/mol. The molecule has 0 radical (unpaired) electrons. The summed E-state index contributed by atoms with van der Waals surface area (Å²) in [5, 5.41) is 12.6. The van der Waals surface area contributed by atoms with Crippen molar-refractivity contribution >= 4 is 53.9 Å². The van der Waals surface area contributed by atoms with Crippen LogP contribution in [0.15, 0.2) is 218 Å². The Kier molecular flexibility index (Phi) is 7.60. The lowest BCUT2D eigenvalue weighted by Crippen LogP contribution is -1.91. The maximum atomic E-state index is 2.37. The van der Waals surface area contributed by atoms with Crippen LogP contribution in [0.1, 0.15) is 0 Å². The highest BCUT2D eigenvalue weighted by atomic mass is 14.2. The number of benzene rings is 11. The van der Waals surface area contributed by atoms with Gasteiger partial charge in [-0.3, -0.25) is 0 Å². The van der Waals surface area contributed by atoms with Crippen molar-refractivity contribution in [1.29, 1.82) is 0 Å². The summed E-state index contributed by atoms with van der Waals surface area (Å²) in [6.45, 7) is 0. The molecule has 0 aliphatic rings. The van der Waals surface area contributed by atoms with Crippen LogP contribution in [0.25, 0.3) is 109 Å². The highest BCUT2D eigenvalue weighted by Crippen LogP contribution is 2.44. The summed E-state index contributed by atoms with van der Waals surface area (Å²) in [6.07, 6.45) is 0. The van der Waals surface area contributed by atoms with Crippen LogP contribution in [0.2, 0.25) is 0 Å². The van der Waals surface area contributed by atoms with Crippen molar-refractivity contribution in [2.75, 3.05) is 0 Å². The first-order chi connectivity index (χ1) is 27.8. The van der Waals surface area contributed by atoms with Crippen molar-refractivity contribution in [1.82, 2.24) is 0 Å². The van der Waals surface area contributed by atoms with Gasteiger partial charge in [-0.15, -0.1) is 0 Å². The van der Waals surface area contributed by atoms with E-state index in [1.54, 1.807) is 0 Å². The fraction of sp³-hybridized carbons (Fsp3) is 0. The summed E-state index contributed by atoms with van der Waals surface area (Å²) in [6, 6.07) is 80.3. The summed E-state index contributed by atoms with van der Waals surface area (Å²) < 4.78 is 0. The zero-order valence-corrected chi connectivity index (χ0v) is 30.8. The monoisotopic (exact) mass is 708 g/mol. The smallest absolute Gasteiger partial charge is 0.00262 e. The summed E-state index contributed by atoms with van der Waals surface area (Å²) in [7, 11) is 0. The Morgan fingerprint density at radius 2 is 0.589 bits per heavy atom. The van der Waals surface area contributed by atoms with Crippen LogP contribution in [-0.4, -0.2) is 0 Å². The Hall–Kier alpha value is -7.28. The SMILES string of the molecule is c1ccc(-c2cc3ccccc3cc2-c2ccc3c(ccc4cc(-c5cccc(-c6c7ccccc7c(-c7ccccc7)c7ccccc67)c5)ccc43)c2)cc1. The molecule has 0 heterocycles. The first-order valence-corrected chi connectivity index (χ1v) is 19.4. The van der Waals surface area contributed by atoms with Crippen molar-refractivity contribution in [3.8, 4) is 55.6 Å². The lowest BCUT2D eigenvalue weighted by molar-refractivity contribution is 1.62. The molecule has 0 spiro atoms. The highest BCUT2D eigenvalue weighted by molar-refractivity contribution is 6.21. The van der Waals surface area contributed by atoms with E-state index in [9.17, 15) is 0 Å². The van der Waals surface area contributed by atoms with E-state index in [2.05, 4.69) is 218 Å². The van der Waals surface area contributed by atoms with Gasteiger partial charge in [-0.05, 0) is 140 Å². The van der Waals surface area contributed by atoms with Crippen LogP contribution in [0.5, 0.6) is 0 Å². The van der Waals surface area contributed by atoms with Crippen LogP contribution in [0, 0.1) is 0 Å². The average Bonchev–Trinajstić information content (AvgIpc) is 3.28. The molecular weight excluding hydrogens is 673 g/mol. The molecule has 0 heteroatoms. The molecule has 11 aromatic carbocycles. The van der Waals surface area contributed by atoms with Crippen LogP contribution < -0.4 is 0 Å². The molecule has 0 saturated carbocycles. The molecule has 0 amide bonds. The quantitative estimate of drug-likeness (QED) is 0.123. The predicted octanol–water partition coefficient (Wildman–Crippen LogP) is 15.8. The molecule has 0 bridgehead atoms. The van der Waals surface area contributed by atoms with Crippen molar-refractivity contribution in [3.05, 3.63) is 218 Å². The van der Waals surface area contributed by atoms with Gasteiger partial charge in [-0.2, -0.15) is 0 Å². The van der Waals surface area contributed by atoms with E-state index < -0.39 is 0 Å². The topological polar surface area (TPSA) is 0 Å². The molecule has 0 N–H and O–H groups in total. The van der Waals surface area contributed by atoms with Gasteiger partial charge in [0.15, 0.2) is 0 Å². The van der Waals surface area contributed by atoms with Crippen molar-refractivity contribution in [3.63, 3.8) is 0 Å². The summed E-state index contributed by atoms with van der Waals surface area (Å²) in [5.41, 5.74) is 12.4. The van der Waals surface area contributed by atoms with E-state index in [0.717, 1.165) is 0 Å². The van der Waals surface area contributed by atoms with Crippen LogP contribution in [0.4, 0.5) is 0 Å². The van der Waals surface area contributed by atoms with Crippen molar-refractivity contribution in [2.45, 2.75) is 0 Å². The van der Waals surface area contributed by atoms with E-state index >= 15 is 0 Å². The molecule has 0 nitrogen and oxygen atoms in total. The normalized spacial score (nSPS) is 11.6. The number of fused-ring (bicyclic) bond motifs is 6. The molecule has 260 valence electrons. The fourth-order valence-corrected chi connectivity index (χ4v) is 8.96. The average molecular weight is 709 g/mol. The van der Waals surface area contributed by atoms with Gasteiger partial charge in [0.25, 0.3) is 0 Å². The minimum atomic E-state index is 1.21. The molecule has 56 heavy (non-hydrogen) atoms. The number of rotatable bonds is 5. The van der Waals surface area contributed by atoms with Gasteiger partial charge in [0.1, 0.15) is 0 Å². The van der Waals surface area contributed by atoms with Crippen molar-refractivity contribution in [2.24, 2.45) is 0 Å². The molecule has 11 aromatic rings. The van der Waals surface area contributed by atoms with E-state index in [0.29, 0.717) is 0 Å². The third kappa shape index (κ3) is 5.38. The molecule has 0 atom stereocenters. The largest absolute Gasteiger partial charge is 0.0622 e. The van der Waals surface area contributed by atoms with Gasteiger partial charge in [-0.25, -0.2) is 0 Å². The van der Waals surface area contributed by atoms with E-state index in [1.807, 2.05) is 0 Å². The maximum Gasteiger partial charge on any atom is -0.00262 e. The highest BCUT2D eigenvalue weighted by Gasteiger charge is 2.17. The Balaban J connectivity index is 1.01. The molecule has 0 unspecified atom stereocenters. The minimum Gasteiger partial charge on any atom is -0.0622 e. The third-order valence-electron chi connectivity index (χ3n) is 11.6. The zero-order chi connectivity index (χ0) is 37.0. The van der Waals surface area contributed by atoms with Gasteiger partial charge in [-0.1, -0.05) is 188 Å². The standard InChI is InChI=1S/C56H36/c1-3-14-37(15-4-1)53-35-40-18-7-8-19-41(40)36-54(53)45-29-31-48-44(34-45)27-26-43-32-42(28-30-47(43)48)39-20-13-21-46(33-39)56-51-24-11-9-22-49(51)55(38-16-5-2-6-17-38)50-23-10-12-25-52(50)56/h1-36H. The van der Waals surface area contributed by atoms with Gasteiger partial charge < -0.3 is 0 Å². The summed E-state index contributed by atoms with van der Waals surface area (Å²) in [5.74, 6) is 0. The first-order valence-electron chi connectivity index (χ1n) is 19.4. The summed E-state index contributed by atoms with van der Waals surface area (Å²) in [4.78, 5) is 0. The van der Waals surface area contributed by atoms with Gasteiger partial charge >= 0.3 is 0 Å². The second-order valence-electron chi connectivity index (χ2n) is 14.8. The van der Waals surface area contributed by atoms with Crippen LogP contribution >= 0.6 is 0 Å². The van der Waals surface area contributed by atoms with Crippen molar-refractivity contribution < 1.29 is 0 Å². The van der Waals surface area contributed by atoms with Gasteiger partial charge in [0, 0.05) is 0 Å². The maximum absolute atomic E-state index is 2.37. The Morgan fingerprint density at radius 1 is 0.179 bits per heavy atom. The molecule has 11 rings (SSSR count). The van der Waals surface area contributed by atoms with E-state index in [-0.39, 0.29) is 0 Å². The Labute approximate surface area is 326 Å². The second kappa shape index (κ2) is 13.2. The first kappa shape index (κ1) is 32.2.